The first-order chi connectivity index (χ1) is 14.7. The normalized spacial score (nSPS) is 18.6. The van der Waals surface area contributed by atoms with Crippen LogP contribution in [0, 0.1) is 5.92 Å². The topological polar surface area (TPSA) is 70.4 Å². The summed E-state index contributed by atoms with van der Waals surface area (Å²) in [6.07, 6.45) is 14.8. The Kier molecular flexibility index (Phi) is 7.18. The van der Waals surface area contributed by atoms with Gasteiger partial charge in [0.05, 0.1) is 11.0 Å². The van der Waals surface area contributed by atoms with Crippen LogP contribution in [0.5, 0.6) is 0 Å². The Labute approximate surface area is 178 Å². The van der Waals surface area contributed by atoms with E-state index in [4.69, 9.17) is 10.2 Å². The van der Waals surface area contributed by atoms with E-state index in [0.29, 0.717) is 0 Å². The maximum Gasteiger partial charge on any atom is 0.267 e. The van der Waals surface area contributed by atoms with E-state index in [1.54, 1.807) is 11.6 Å². The monoisotopic (exact) mass is 410 g/mol. The number of carbonyl (C=O) groups excluding carboxylic acids is 1. The molecule has 0 radical (unpaired) electrons. The first kappa shape index (κ1) is 21.1. The van der Waals surface area contributed by atoms with E-state index in [1.165, 1.54) is 81.9 Å². The Morgan fingerprint density at radius 3 is 2.70 bits per heavy atom. The minimum Gasteiger partial charge on any atom is -0.327 e. The van der Waals surface area contributed by atoms with Crippen LogP contribution >= 0.6 is 0 Å². The third-order valence-corrected chi connectivity index (χ3v) is 6.73. The van der Waals surface area contributed by atoms with Crippen LogP contribution in [0.4, 0.5) is 0 Å². The number of aromatic nitrogens is 2. The van der Waals surface area contributed by atoms with E-state index in [1.807, 2.05) is 12.1 Å². The maximum absolute atomic E-state index is 11.3. The fourth-order valence-corrected chi connectivity index (χ4v) is 5.01. The molecule has 2 heterocycles. The molecule has 4 rings (SSSR count). The first-order valence-corrected chi connectivity index (χ1v) is 11.6. The molecule has 1 amide bonds. The molecular formula is C24H34N4O2. The van der Waals surface area contributed by atoms with Gasteiger partial charge >= 0.3 is 0 Å². The number of hydrogen-bond donors (Lipinski definition) is 2. The standard InChI is InChI=1S/C24H34N4O2/c29-24(26-30)13-10-20-8-11-22-21(18-20)25-23(12-9-19-6-2-1-3-7-19)28(22)17-16-27-14-4-5-15-27/h8,10-11,13,18-19,30H,1-7,9,12,14-17H2,(H,26,29)/b13-10+. The molecule has 0 atom stereocenters. The van der Waals surface area contributed by atoms with E-state index in [9.17, 15) is 4.79 Å². The Balaban J connectivity index is 1.54. The molecule has 2 N–H and O–H groups in total. The molecule has 2 aromatic rings. The molecule has 1 saturated carbocycles. The van der Waals surface area contributed by atoms with E-state index in [2.05, 4.69) is 15.5 Å². The molecule has 2 aliphatic rings. The number of nitrogens with one attached hydrogen (secondary N) is 1. The summed E-state index contributed by atoms with van der Waals surface area (Å²) in [5.74, 6) is 1.52. The Morgan fingerprint density at radius 2 is 1.93 bits per heavy atom. The lowest BCUT2D eigenvalue weighted by molar-refractivity contribution is -0.124. The van der Waals surface area contributed by atoms with Crippen LogP contribution in [0.25, 0.3) is 17.1 Å². The van der Waals surface area contributed by atoms with Gasteiger partial charge in [0.1, 0.15) is 5.82 Å². The predicted molar refractivity (Wildman–Crippen MR) is 119 cm³/mol. The molecular weight excluding hydrogens is 376 g/mol. The van der Waals surface area contributed by atoms with Gasteiger partial charge in [0, 0.05) is 25.6 Å². The molecule has 1 aromatic heterocycles. The summed E-state index contributed by atoms with van der Waals surface area (Å²) < 4.78 is 2.42. The van der Waals surface area contributed by atoms with Crippen molar-refractivity contribution in [2.75, 3.05) is 19.6 Å². The van der Waals surface area contributed by atoms with Crippen LogP contribution in [0.15, 0.2) is 24.3 Å². The number of imidazole rings is 1. The van der Waals surface area contributed by atoms with Crippen molar-refractivity contribution in [2.45, 2.75) is 64.3 Å². The number of hydrogen-bond acceptors (Lipinski definition) is 4. The van der Waals surface area contributed by atoms with Gasteiger partial charge in [-0.05, 0) is 62.0 Å². The van der Waals surface area contributed by atoms with Crippen LogP contribution in [-0.4, -0.2) is 45.2 Å². The zero-order valence-corrected chi connectivity index (χ0v) is 17.9. The number of likely N-dealkylation sites (tertiary alicyclic amines) is 1. The number of amides is 1. The van der Waals surface area contributed by atoms with E-state index < -0.39 is 5.91 Å². The first-order valence-electron chi connectivity index (χ1n) is 11.6. The van der Waals surface area contributed by atoms with Crippen molar-refractivity contribution < 1.29 is 10.0 Å². The van der Waals surface area contributed by atoms with Gasteiger partial charge in [0.2, 0.25) is 0 Å². The molecule has 162 valence electrons. The number of fused-ring (bicyclic) bond motifs is 1. The molecule has 1 saturated heterocycles. The molecule has 0 unspecified atom stereocenters. The smallest absolute Gasteiger partial charge is 0.267 e. The summed E-state index contributed by atoms with van der Waals surface area (Å²) in [7, 11) is 0. The van der Waals surface area contributed by atoms with Crippen molar-refractivity contribution >= 4 is 23.0 Å². The van der Waals surface area contributed by atoms with Crippen molar-refractivity contribution in [1.29, 1.82) is 0 Å². The van der Waals surface area contributed by atoms with Gasteiger partial charge in [-0.2, -0.15) is 0 Å². The van der Waals surface area contributed by atoms with Gasteiger partial charge < -0.3 is 9.47 Å². The molecule has 1 aliphatic heterocycles. The second-order valence-corrected chi connectivity index (χ2v) is 8.83. The Bertz CT molecular complexity index is 877. The zero-order chi connectivity index (χ0) is 20.8. The summed E-state index contributed by atoms with van der Waals surface area (Å²) in [4.78, 5) is 18.8. The molecule has 6 heteroatoms. The van der Waals surface area contributed by atoms with Crippen LogP contribution < -0.4 is 5.48 Å². The predicted octanol–water partition coefficient (Wildman–Crippen LogP) is 4.16. The van der Waals surface area contributed by atoms with Gasteiger partial charge in [-0.25, -0.2) is 10.5 Å². The number of aryl methyl sites for hydroxylation is 1. The van der Waals surface area contributed by atoms with E-state index >= 15 is 0 Å². The molecule has 1 aliphatic carbocycles. The van der Waals surface area contributed by atoms with Crippen LogP contribution in [-0.2, 0) is 17.8 Å². The highest BCUT2D eigenvalue weighted by atomic mass is 16.5. The number of carbonyl (C=O) groups is 1. The van der Waals surface area contributed by atoms with E-state index in [0.717, 1.165) is 36.5 Å². The minimum atomic E-state index is -0.528. The third-order valence-electron chi connectivity index (χ3n) is 6.73. The molecule has 30 heavy (non-hydrogen) atoms. The van der Waals surface area contributed by atoms with Gasteiger partial charge in [0.15, 0.2) is 0 Å². The van der Waals surface area contributed by atoms with Crippen LogP contribution in [0.1, 0.15) is 62.8 Å². The minimum absolute atomic E-state index is 0.528. The Morgan fingerprint density at radius 1 is 1.13 bits per heavy atom. The summed E-state index contributed by atoms with van der Waals surface area (Å²) >= 11 is 0. The summed E-state index contributed by atoms with van der Waals surface area (Å²) in [5.41, 5.74) is 4.70. The van der Waals surface area contributed by atoms with Crippen LogP contribution in [0.2, 0.25) is 0 Å². The number of nitrogens with zero attached hydrogens (tertiary/aromatic N) is 3. The average molecular weight is 411 g/mol. The van der Waals surface area contributed by atoms with E-state index in [-0.39, 0.29) is 0 Å². The number of benzene rings is 1. The second kappa shape index (κ2) is 10.2. The summed E-state index contributed by atoms with van der Waals surface area (Å²) in [5, 5.41) is 8.67. The fourth-order valence-electron chi connectivity index (χ4n) is 5.01. The van der Waals surface area contributed by atoms with Gasteiger partial charge in [0.25, 0.3) is 5.91 Å². The summed E-state index contributed by atoms with van der Waals surface area (Å²) in [6.45, 7) is 4.50. The molecule has 0 bridgehead atoms. The van der Waals surface area contributed by atoms with Crippen molar-refractivity contribution in [3.05, 3.63) is 35.7 Å². The van der Waals surface area contributed by atoms with Gasteiger partial charge in [-0.3, -0.25) is 10.0 Å². The zero-order valence-electron chi connectivity index (χ0n) is 17.9. The average Bonchev–Trinajstić information content (AvgIpc) is 3.42. The SMILES string of the molecule is O=C(/C=C/c1ccc2c(c1)nc(CCC1CCCCC1)n2CCN1CCCC1)NO. The highest BCUT2D eigenvalue weighted by Gasteiger charge is 2.18. The molecule has 0 spiro atoms. The largest absolute Gasteiger partial charge is 0.327 e. The maximum atomic E-state index is 11.3. The quantitative estimate of drug-likeness (QED) is 0.389. The third kappa shape index (κ3) is 5.29. The molecule has 6 nitrogen and oxygen atoms in total. The van der Waals surface area contributed by atoms with Crippen molar-refractivity contribution in [2.24, 2.45) is 5.92 Å². The lowest BCUT2D eigenvalue weighted by atomic mass is 9.86. The van der Waals surface area contributed by atoms with Crippen molar-refractivity contribution in [1.82, 2.24) is 19.9 Å². The lowest BCUT2D eigenvalue weighted by Crippen LogP contribution is -2.24. The molecule has 1 aromatic carbocycles. The highest BCUT2D eigenvalue weighted by molar-refractivity contribution is 5.91. The highest BCUT2D eigenvalue weighted by Crippen LogP contribution is 2.28. The fraction of sp³-hybridized carbons (Fsp3) is 0.583. The number of rotatable bonds is 8. The van der Waals surface area contributed by atoms with Crippen LogP contribution in [0.3, 0.4) is 0 Å². The van der Waals surface area contributed by atoms with Gasteiger partial charge in [-0.1, -0.05) is 38.2 Å². The van der Waals surface area contributed by atoms with Gasteiger partial charge in [-0.15, -0.1) is 0 Å². The van der Waals surface area contributed by atoms with Crippen molar-refractivity contribution in [3.63, 3.8) is 0 Å². The lowest BCUT2D eigenvalue weighted by Gasteiger charge is -2.21. The summed E-state index contributed by atoms with van der Waals surface area (Å²) in [6, 6.07) is 6.17. The molecule has 2 fully saturated rings. The Hall–Kier alpha value is -2.18. The number of hydroxylamine groups is 1. The second-order valence-electron chi connectivity index (χ2n) is 8.83. The van der Waals surface area contributed by atoms with Crippen molar-refractivity contribution in [3.8, 4) is 0 Å².